The fourth-order valence-corrected chi connectivity index (χ4v) is 1.77. The first kappa shape index (κ1) is 10.9. The number of hydrogen-bond donors (Lipinski definition) is 1. The lowest BCUT2D eigenvalue weighted by molar-refractivity contribution is 0.165. The average molecular weight is 217 g/mol. The summed E-state index contributed by atoms with van der Waals surface area (Å²) in [7, 11) is 0. The van der Waals surface area contributed by atoms with Crippen LogP contribution in [0.15, 0.2) is 41.1 Å². The number of aliphatic hydroxyl groups is 1. The molecule has 2 aromatic rings. The molecule has 1 N–H and O–H groups in total. The maximum atomic E-state index is 10.1. The maximum Gasteiger partial charge on any atom is 0.106 e. The number of aromatic nitrogens is 1. The van der Waals surface area contributed by atoms with E-state index >= 15 is 0 Å². The van der Waals surface area contributed by atoms with Crippen molar-refractivity contribution in [3.8, 4) is 0 Å². The Balaban J connectivity index is 2.17. The van der Waals surface area contributed by atoms with Crippen LogP contribution < -0.4 is 0 Å². The topological polar surface area (TPSA) is 46.3 Å². The van der Waals surface area contributed by atoms with Crippen molar-refractivity contribution in [1.82, 2.24) is 4.98 Å². The van der Waals surface area contributed by atoms with Gasteiger partial charge in [0.25, 0.3) is 0 Å². The first-order chi connectivity index (χ1) is 7.81. The molecule has 2 rings (SSSR count). The summed E-state index contributed by atoms with van der Waals surface area (Å²) in [6.45, 7) is 2.06. The van der Waals surface area contributed by atoms with Gasteiger partial charge >= 0.3 is 0 Å². The number of nitrogens with zero attached hydrogens (tertiary/aromatic N) is 1. The summed E-state index contributed by atoms with van der Waals surface area (Å²) in [5.74, 6) is 0.778. The summed E-state index contributed by atoms with van der Waals surface area (Å²) in [6, 6.07) is 7.56. The van der Waals surface area contributed by atoms with Gasteiger partial charge in [0.05, 0.1) is 12.0 Å². The summed E-state index contributed by atoms with van der Waals surface area (Å²) in [4.78, 5) is 4.24. The third-order valence-electron chi connectivity index (χ3n) is 2.60. The molecule has 0 saturated heterocycles. The molecule has 0 saturated carbocycles. The zero-order valence-corrected chi connectivity index (χ0v) is 9.26. The number of aliphatic hydroxyl groups excluding tert-OH is 1. The fraction of sp³-hybridized carbons (Fsp3) is 0.308. The Labute approximate surface area is 94.8 Å². The van der Waals surface area contributed by atoms with Crippen molar-refractivity contribution in [2.75, 3.05) is 0 Å². The van der Waals surface area contributed by atoms with E-state index in [1.807, 2.05) is 24.3 Å². The Hall–Kier alpha value is -1.61. The van der Waals surface area contributed by atoms with Crippen LogP contribution in [0.5, 0.6) is 0 Å². The second-order valence-electron chi connectivity index (χ2n) is 3.70. The van der Waals surface area contributed by atoms with Gasteiger partial charge in [0, 0.05) is 12.6 Å². The first-order valence-electron chi connectivity index (χ1n) is 5.45. The zero-order chi connectivity index (χ0) is 11.4. The van der Waals surface area contributed by atoms with E-state index in [-0.39, 0.29) is 0 Å². The van der Waals surface area contributed by atoms with Gasteiger partial charge in [0.1, 0.15) is 11.9 Å². The standard InChI is InChI=1S/C13H15NO2/c1-2-10-5-3-7-14-13(10)12(15)9-11-6-4-8-16-11/h3-8,12,15H,2,9H2,1H3. The molecular formula is C13H15NO2. The molecule has 0 aliphatic heterocycles. The van der Waals surface area contributed by atoms with Crippen LogP contribution in [0.3, 0.4) is 0 Å². The minimum Gasteiger partial charge on any atom is -0.469 e. The van der Waals surface area contributed by atoms with Gasteiger partial charge in [0.2, 0.25) is 0 Å². The van der Waals surface area contributed by atoms with Gasteiger partial charge < -0.3 is 9.52 Å². The number of pyridine rings is 1. The Morgan fingerprint density at radius 3 is 2.94 bits per heavy atom. The third kappa shape index (κ3) is 2.31. The molecule has 3 heteroatoms. The van der Waals surface area contributed by atoms with E-state index in [1.54, 1.807) is 12.5 Å². The van der Waals surface area contributed by atoms with E-state index in [2.05, 4.69) is 11.9 Å². The molecule has 1 atom stereocenters. The van der Waals surface area contributed by atoms with Crippen molar-refractivity contribution in [2.24, 2.45) is 0 Å². The molecular weight excluding hydrogens is 202 g/mol. The molecule has 0 radical (unpaired) electrons. The number of rotatable bonds is 4. The predicted molar refractivity (Wildman–Crippen MR) is 61.0 cm³/mol. The van der Waals surface area contributed by atoms with Gasteiger partial charge in [-0.2, -0.15) is 0 Å². The molecule has 2 aromatic heterocycles. The van der Waals surface area contributed by atoms with Crippen molar-refractivity contribution < 1.29 is 9.52 Å². The second-order valence-corrected chi connectivity index (χ2v) is 3.70. The van der Waals surface area contributed by atoms with E-state index in [9.17, 15) is 5.11 Å². The van der Waals surface area contributed by atoms with Gasteiger partial charge in [-0.05, 0) is 30.2 Å². The van der Waals surface area contributed by atoms with Crippen LogP contribution in [-0.4, -0.2) is 10.1 Å². The van der Waals surface area contributed by atoms with Crippen molar-refractivity contribution in [3.05, 3.63) is 53.7 Å². The second kappa shape index (κ2) is 4.94. The maximum absolute atomic E-state index is 10.1. The third-order valence-corrected chi connectivity index (χ3v) is 2.60. The first-order valence-corrected chi connectivity index (χ1v) is 5.45. The molecule has 0 aliphatic carbocycles. The molecule has 84 valence electrons. The van der Waals surface area contributed by atoms with E-state index < -0.39 is 6.10 Å². The van der Waals surface area contributed by atoms with E-state index in [4.69, 9.17) is 4.42 Å². The fourth-order valence-electron chi connectivity index (χ4n) is 1.77. The predicted octanol–water partition coefficient (Wildman–Crippen LogP) is 2.51. The molecule has 0 spiro atoms. The van der Waals surface area contributed by atoms with Gasteiger partial charge in [-0.3, -0.25) is 4.98 Å². The minimum atomic E-state index is -0.595. The highest BCUT2D eigenvalue weighted by atomic mass is 16.3. The summed E-state index contributed by atoms with van der Waals surface area (Å²) in [5.41, 5.74) is 1.84. The Bertz CT molecular complexity index is 437. The number of aryl methyl sites for hydroxylation is 1. The number of hydrogen-bond acceptors (Lipinski definition) is 3. The Morgan fingerprint density at radius 2 is 2.25 bits per heavy atom. The summed E-state index contributed by atoms with van der Waals surface area (Å²) in [6.07, 6.45) is 4.07. The highest BCUT2D eigenvalue weighted by molar-refractivity contribution is 5.22. The minimum absolute atomic E-state index is 0.469. The smallest absolute Gasteiger partial charge is 0.106 e. The average Bonchev–Trinajstić information content (AvgIpc) is 2.81. The molecule has 0 aliphatic rings. The van der Waals surface area contributed by atoms with Gasteiger partial charge in [-0.15, -0.1) is 0 Å². The van der Waals surface area contributed by atoms with Crippen LogP contribution in [0.2, 0.25) is 0 Å². The molecule has 3 nitrogen and oxygen atoms in total. The lowest BCUT2D eigenvalue weighted by Gasteiger charge is -2.12. The SMILES string of the molecule is CCc1cccnc1C(O)Cc1ccco1. The van der Waals surface area contributed by atoms with Crippen molar-refractivity contribution in [1.29, 1.82) is 0 Å². The van der Waals surface area contributed by atoms with Crippen molar-refractivity contribution in [3.63, 3.8) is 0 Å². The van der Waals surface area contributed by atoms with E-state index in [1.165, 1.54) is 0 Å². The molecule has 0 aromatic carbocycles. The van der Waals surface area contributed by atoms with Crippen LogP contribution in [0.25, 0.3) is 0 Å². The zero-order valence-electron chi connectivity index (χ0n) is 9.26. The van der Waals surface area contributed by atoms with Crippen LogP contribution >= 0.6 is 0 Å². The van der Waals surface area contributed by atoms with E-state index in [0.29, 0.717) is 6.42 Å². The van der Waals surface area contributed by atoms with Crippen LogP contribution in [0.1, 0.15) is 30.0 Å². The molecule has 0 bridgehead atoms. The van der Waals surface area contributed by atoms with Gasteiger partial charge in [-0.1, -0.05) is 13.0 Å². The van der Waals surface area contributed by atoms with Crippen molar-refractivity contribution in [2.45, 2.75) is 25.9 Å². The van der Waals surface area contributed by atoms with Crippen LogP contribution in [0.4, 0.5) is 0 Å². The molecule has 16 heavy (non-hydrogen) atoms. The highest BCUT2D eigenvalue weighted by Crippen LogP contribution is 2.20. The highest BCUT2D eigenvalue weighted by Gasteiger charge is 2.14. The monoisotopic (exact) mass is 217 g/mol. The van der Waals surface area contributed by atoms with Crippen LogP contribution in [-0.2, 0) is 12.8 Å². The summed E-state index contributed by atoms with van der Waals surface area (Å²) < 4.78 is 5.21. The summed E-state index contributed by atoms with van der Waals surface area (Å²) >= 11 is 0. The molecule has 1 unspecified atom stereocenters. The van der Waals surface area contributed by atoms with Crippen LogP contribution in [0, 0.1) is 0 Å². The quantitative estimate of drug-likeness (QED) is 0.855. The molecule has 0 amide bonds. The lowest BCUT2D eigenvalue weighted by atomic mass is 10.0. The largest absolute Gasteiger partial charge is 0.469 e. The molecule has 0 fully saturated rings. The lowest BCUT2D eigenvalue weighted by Crippen LogP contribution is -2.07. The van der Waals surface area contributed by atoms with E-state index in [0.717, 1.165) is 23.4 Å². The summed E-state index contributed by atoms with van der Waals surface area (Å²) in [5, 5.41) is 10.1. The Kier molecular flexibility index (Phi) is 3.37. The van der Waals surface area contributed by atoms with Gasteiger partial charge in [0.15, 0.2) is 0 Å². The normalized spacial score (nSPS) is 12.6. The van der Waals surface area contributed by atoms with Crippen molar-refractivity contribution >= 4 is 0 Å². The number of furan rings is 1. The Morgan fingerprint density at radius 1 is 1.38 bits per heavy atom. The van der Waals surface area contributed by atoms with Gasteiger partial charge in [-0.25, -0.2) is 0 Å². The molecule has 2 heterocycles.